The lowest BCUT2D eigenvalue weighted by Gasteiger charge is -2.26. The number of rotatable bonds is 6. The summed E-state index contributed by atoms with van der Waals surface area (Å²) >= 11 is 0. The van der Waals surface area contributed by atoms with Gasteiger partial charge in [0.2, 0.25) is 0 Å². The van der Waals surface area contributed by atoms with Crippen LogP contribution in [0, 0.1) is 0 Å². The fourth-order valence-corrected chi connectivity index (χ4v) is 3.43. The van der Waals surface area contributed by atoms with Crippen molar-refractivity contribution in [2.75, 3.05) is 13.2 Å². The first-order valence-corrected chi connectivity index (χ1v) is 9.70. The molecular formula is C23H29NO4. The maximum atomic E-state index is 12.4. The van der Waals surface area contributed by atoms with E-state index in [4.69, 9.17) is 9.47 Å². The third kappa shape index (κ3) is 4.72. The second-order valence-electron chi connectivity index (χ2n) is 8.24. The Hall–Kier alpha value is -2.37. The van der Waals surface area contributed by atoms with Gasteiger partial charge in [-0.15, -0.1) is 0 Å². The molecule has 2 aromatic rings. The van der Waals surface area contributed by atoms with E-state index in [1.165, 1.54) is 22.3 Å². The highest BCUT2D eigenvalue weighted by molar-refractivity contribution is 5.79. The van der Waals surface area contributed by atoms with Crippen LogP contribution in [0.5, 0.6) is 0 Å². The number of alkyl carbamates (subject to hydrolysis) is 1. The summed E-state index contributed by atoms with van der Waals surface area (Å²) in [5.41, 5.74) is 4.36. The molecule has 0 fully saturated rings. The monoisotopic (exact) mass is 383 g/mol. The summed E-state index contributed by atoms with van der Waals surface area (Å²) in [6.45, 7) is 7.87. The zero-order chi connectivity index (χ0) is 20.3. The average molecular weight is 383 g/mol. The predicted molar refractivity (Wildman–Crippen MR) is 109 cm³/mol. The molecule has 0 saturated heterocycles. The SMILES string of the molecule is C[C@H](O)[C@@H](COC(C)(C)C)NC(=O)OCC1c2ccccc2-c2ccccc21. The van der Waals surface area contributed by atoms with Crippen LogP contribution in [0.1, 0.15) is 44.7 Å². The maximum Gasteiger partial charge on any atom is 0.407 e. The van der Waals surface area contributed by atoms with Crippen LogP contribution in [0.3, 0.4) is 0 Å². The molecule has 150 valence electrons. The fourth-order valence-electron chi connectivity index (χ4n) is 3.43. The molecule has 1 aliphatic carbocycles. The van der Waals surface area contributed by atoms with E-state index in [1.54, 1.807) is 6.92 Å². The van der Waals surface area contributed by atoms with Crippen LogP contribution in [0.4, 0.5) is 4.79 Å². The summed E-state index contributed by atoms with van der Waals surface area (Å²) in [5.74, 6) is 0.00831. The van der Waals surface area contributed by atoms with Gasteiger partial charge in [0.25, 0.3) is 0 Å². The number of carbonyl (C=O) groups is 1. The second kappa shape index (κ2) is 8.33. The van der Waals surface area contributed by atoms with Crippen molar-refractivity contribution >= 4 is 6.09 Å². The van der Waals surface area contributed by atoms with Crippen LogP contribution >= 0.6 is 0 Å². The van der Waals surface area contributed by atoms with Gasteiger partial charge < -0.3 is 19.9 Å². The quantitative estimate of drug-likeness (QED) is 0.788. The number of nitrogens with one attached hydrogen (secondary N) is 1. The molecular weight excluding hydrogens is 354 g/mol. The van der Waals surface area contributed by atoms with Gasteiger partial charge in [0.15, 0.2) is 0 Å². The lowest BCUT2D eigenvalue weighted by Crippen LogP contribution is -2.47. The normalized spacial score (nSPS) is 15.5. The molecule has 2 N–H and O–H groups in total. The minimum Gasteiger partial charge on any atom is -0.449 e. The van der Waals surface area contributed by atoms with Crippen molar-refractivity contribution < 1.29 is 19.4 Å². The van der Waals surface area contributed by atoms with Crippen LogP contribution in [0.2, 0.25) is 0 Å². The zero-order valence-corrected chi connectivity index (χ0v) is 16.9. The van der Waals surface area contributed by atoms with E-state index < -0.39 is 18.2 Å². The van der Waals surface area contributed by atoms with E-state index in [0.29, 0.717) is 0 Å². The third-order valence-electron chi connectivity index (χ3n) is 4.93. The minimum atomic E-state index is -0.747. The molecule has 0 bridgehead atoms. The molecule has 3 rings (SSSR count). The summed E-state index contributed by atoms with van der Waals surface area (Å²) in [5, 5.41) is 12.7. The Morgan fingerprint density at radius 1 is 1.07 bits per heavy atom. The summed E-state index contributed by atoms with van der Waals surface area (Å²) in [7, 11) is 0. The molecule has 2 aromatic carbocycles. The van der Waals surface area contributed by atoms with Crippen molar-refractivity contribution in [3.05, 3.63) is 59.7 Å². The topological polar surface area (TPSA) is 67.8 Å². The van der Waals surface area contributed by atoms with E-state index >= 15 is 0 Å². The average Bonchev–Trinajstić information content (AvgIpc) is 2.96. The van der Waals surface area contributed by atoms with Gasteiger partial charge in [-0.3, -0.25) is 0 Å². The first kappa shape index (κ1) is 20.4. The summed E-state index contributed by atoms with van der Waals surface area (Å²) in [4.78, 5) is 12.4. The predicted octanol–water partition coefficient (Wildman–Crippen LogP) is 4.09. The van der Waals surface area contributed by atoms with E-state index in [2.05, 4.69) is 29.6 Å². The van der Waals surface area contributed by atoms with Gasteiger partial charge in [-0.05, 0) is 49.9 Å². The molecule has 0 unspecified atom stereocenters. The molecule has 1 aliphatic rings. The number of fused-ring (bicyclic) bond motifs is 3. The summed E-state index contributed by atoms with van der Waals surface area (Å²) < 4.78 is 11.2. The van der Waals surface area contributed by atoms with Crippen LogP contribution in [-0.2, 0) is 9.47 Å². The smallest absolute Gasteiger partial charge is 0.407 e. The third-order valence-corrected chi connectivity index (χ3v) is 4.93. The molecule has 5 heteroatoms. The Balaban J connectivity index is 1.64. The van der Waals surface area contributed by atoms with Crippen molar-refractivity contribution in [1.82, 2.24) is 5.32 Å². The van der Waals surface area contributed by atoms with Crippen LogP contribution in [0.25, 0.3) is 11.1 Å². The fraction of sp³-hybridized carbons (Fsp3) is 0.435. The molecule has 0 radical (unpaired) electrons. The standard InChI is InChI=1S/C23H29NO4/c1-15(25)21(14-28-23(2,3)4)24-22(26)27-13-20-18-11-7-5-9-16(18)17-10-6-8-12-19(17)20/h5-12,15,20-21,25H,13-14H2,1-4H3,(H,24,26)/t15-,21+/m0/s1. The van der Waals surface area contributed by atoms with Gasteiger partial charge in [-0.1, -0.05) is 48.5 Å². The maximum absolute atomic E-state index is 12.4. The van der Waals surface area contributed by atoms with Crippen molar-refractivity contribution in [3.63, 3.8) is 0 Å². The van der Waals surface area contributed by atoms with Crippen molar-refractivity contribution in [2.45, 2.75) is 51.4 Å². The van der Waals surface area contributed by atoms with Crippen molar-refractivity contribution in [1.29, 1.82) is 0 Å². The Morgan fingerprint density at radius 3 is 2.11 bits per heavy atom. The molecule has 1 amide bonds. The highest BCUT2D eigenvalue weighted by Crippen LogP contribution is 2.44. The Morgan fingerprint density at radius 2 is 1.61 bits per heavy atom. The van der Waals surface area contributed by atoms with E-state index in [-0.39, 0.29) is 24.7 Å². The number of aliphatic hydroxyl groups is 1. The molecule has 0 spiro atoms. The number of hydrogen-bond acceptors (Lipinski definition) is 4. The highest BCUT2D eigenvalue weighted by Gasteiger charge is 2.29. The zero-order valence-electron chi connectivity index (χ0n) is 16.9. The lowest BCUT2D eigenvalue weighted by molar-refractivity contribution is -0.0321. The van der Waals surface area contributed by atoms with Crippen molar-refractivity contribution in [2.24, 2.45) is 0 Å². The molecule has 28 heavy (non-hydrogen) atoms. The summed E-state index contributed by atoms with van der Waals surface area (Å²) in [6, 6.07) is 15.9. The van der Waals surface area contributed by atoms with Crippen molar-refractivity contribution in [3.8, 4) is 11.1 Å². The van der Waals surface area contributed by atoms with Crippen LogP contribution < -0.4 is 5.32 Å². The van der Waals surface area contributed by atoms with Gasteiger partial charge in [0, 0.05) is 5.92 Å². The van der Waals surface area contributed by atoms with E-state index in [9.17, 15) is 9.90 Å². The first-order chi connectivity index (χ1) is 13.3. The minimum absolute atomic E-state index is 0.00831. The Kier molecular flexibility index (Phi) is 6.06. The lowest BCUT2D eigenvalue weighted by atomic mass is 9.98. The molecule has 2 atom stereocenters. The number of aliphatic hydroxyl groups excluding tert-OH is 1. The Labute approximate surface area is 166 Å². The Bertz CT molecular complexity index is 780. The molecule has 0 aliphatic heterocycles. The number of ether oxygens (including phenoxy) is 2. The van der Waals surface area contributed by atoms with Gasteiger partial charge in [0.1, 0.15) is 6.61 Å². The van der Waals surface area contributed by atoms with Gasteiger partial charge in [-0.2, -0.15) is 0 Å². The molecule has 0 heterocycles. The molecule has 5 nitrogen and oxygen atoms in total. The number of amides is 1. The molecule has 0 aromatic heterocycles. The molecule has 0 saturated carbocycles. The van der Waals surface area contributed by atoms with Gasteiger partial charge in [0.05, 0.1) is 24.4 Å². The van der Waals surface area contributed by atoms with E-state index in [1.807, 2.05) is 45.0 Å². The van der Waals surface area contributed by atoms with Crippen LogP contribution in [-0.4, -0.2) is 42.2 Å². The van der Waals surface area contributed by atoms with Gasteiger partial charge >= 0.3 is 6.09 Å². The number of hydrogen-bond donors (Lipinski definition) is 2. The van der Waals surface area contributed by atoms with Gasteiger partial charge in [-0.25, -0.2) is 4.79 Å². The first-order valence-electron chi connectivity index (χ1n) is 9.70. The van der Waals surface area contributed by atoms with Crippen LogP contribution in [0.15, 0.2) is 48.5 Å². The van der Waals surface area contributed by atoms with E-state index in [0.717, 1.165) is 0 Å². The largest absolute Gasteiger partial charge is 0.449 e. The second-order valence-corrected chi connectivity index (χ2v) is 8.24. The summed E-state index contributed by atoms with van der Waals surface area (Å²) in [6.07, 6.45) is -1.30. The number of benzene rings is 2. The number of carbonyl (C=O) groups excluding carboxylic acids is 1. The highest BCUT2D eigenvalue weighted by atomic mass is 16.5.